The first kappa shape index (κ1) is 13.8. The third-order valence-electron chi connectivity index (χ3n) is 3.54. The lowest BCUT2D eigenvalue weighted by atomic mass is 10.1. The number of anilines is 1. The highest BCUT2D eigenvalue weighted by atomic mass is 35.5. The quantitative estimate of drug-likeness (QED) is 0.943. The Labute approximate surface area is 127 Å². The Kier molecular flexibility index (Phi) is 3.75. The van der Waals surface area contributed by atoms with Gasteiger partial charge >= 0.3 is 0 Å². The molecule has 0 atom stereocenters. The molecule has 1 aliphatic rings. The van der Waals surface area contributed by atoms with Gasteiger partial charge < -0.3 is 10.6 Å². The first-order chi connectivity index (χ1) is 10.1. The van der Waals surface area contributed by atoms with Crippen LogP contribution in [0.1, 0.15) is 23.2 Å². The van der Waals surface area contributed by atoms with Gasteiger partial charge in [0.25, 0.3) is 0 Å². The molecule has 3 rings (SSSR count). The van der Waals surface area contributed by atoms with Crippen molar-refractivity contribution in [2.24, 2.45) is 0 Å². The van der Waals surface area contributed by atoms with Crippen LogP contribution >= 0.6 is 11.6 Å². The van der Waals surface area contributed by atoms with E-state index in [-0.39, 0.29) is 11.9 Å². The zero-order valence-electron chi connectivity index (χ0n) is 11.4. The molecule has 0 spiro atoms. The fourth-order valence-electron chi connectivity index (χ4n) is 2.45. The lowest BCUT2D eigenvalue weighted by Crippen LogP contribution is -2.25. The molecule has 2 aromatic rings. The SMILES string of the molecule is Nc1ncc2c(n1)CN(C(=O)CCc1cccc(Cl)c1)C2. The molecule has 0 bridgehead atoms. The first-order valence-electron chi connectivity index (χ1n) is 6.74. The van der Waals surface area contributed by atoms with E-state index in [9.17, 15) is 4.79 Å². The molecule has 0 fully saturated rings. The summed E-state index contributed by atoms with van der Waals surface area (Å²) in [6.45, 7) is 1.07. The number of nitrogen functional groups attached to an aromatic ring is 1. The van der Waals surface area contributed by atoms with Gasteiger partial charge in [0.2, 0.25) is 11.9 Å². The lowest BCUT2D eigenvalue weighted by Gasteiger charge is -2.14. The van der Waals surface area contributed by atoms with E-state index in [2.05, 4.69) is 9.97 Å². The van der Waals surface area contributed by atoms with E-state index in [1.54, 1.807) is 11.1 Å². The molecule has 2 N–H and O–H groups in total. The molecule has 2 heterocycles. The summed E-state index contributed by atoms with van der Waals surface area (Å²) < 4.78 is 0. The van der Waals surface area contributed by atoms with E-state index in [1.807, 2.05) is 24.3 Å². The summed E-state index contributed by atoms with van der Waals surface area (Å²) in [5.74, 6) is 0.355. The van der Waals surface area contributed by atoms with Gasteiger partial charge in [-0.2, -0.15) is 0 Å². The maximum absolute atomic E-state index is 12.3. The van der Waals surface area contributed by atoms with Crippen LogP contribution in [-0.4, -0.2) is 20.8 Å². The number of carbonyl (C=O) groups is 1. The number of amides is 1. The molecule has 0 radical (unpaired) electrons. The molecule has 0 saturated heterocycles. The first-order valence-corrected chi connectivity index (χ1v) is 7.12. The maximum atomic E-state index is 12.3. The van der Waals surface area contributed by atoms with Crippen LogP contribution in [0.2, 0.25) is 5.02 Å². The Bertz CT molecular complexity index is 689. The zero-order valence-corrected chi connectivity index (χ0v) is 12.2. The molecule has 0 saturated carbocycles. The molecular formula is C15H15ClN4O. The molecule has 0 unspecified atom stereocenters. The Hall–Kier alpha value is -2.14. The topological polar surface area (TPSA) is 72.1 Å². The third-order valence-corrected chi connectivity index (χ3v) is 3.78. The highest BCUT2D eigenvalue weighted by Gasteiger charge is 2.24. The standard InChI is InChI=1S/C15H15ClN4O/c16-12-3-1-2-10(6-12)4-5-14(21)20-8-11-7-18-15(17)19-13(11)9-20/h1-3,6-7H,4-5,8-9H2,(H2,17,18,19). The second kappa shape index (κ2) is 5.69. The van der Waals surface area contributed by atoms with E-state index in [1.165, 1.54) is 0 Å². The number of nitrogens with zero attached hydrogens (tertiary/aromatic N) is 3. The molecule has 1 aromatic carbocycles. The van der Waals surface area contributed by atoms with Gasteiger partial charge in [0.05, 0.1) is 12.2 Å². The van der Waals surface area contributed by atoms with Crippen molar-refractivity contribution in [1.29, 1.82) is 0 Å². The van der Waals surface area contributed by atoms with Crippen LogP contribution in [0.3, 0.4) is 0 Å². The molecule has 5 nitrogen and oxygen atoms in total. The van der Waals surface area contributed by atoms with E-state index in [4.69, 9.17) is 17.3 Å². The van der Waals surface area contributed by atoms with Gasteiger partial charge in [-0.05, 0) is 24.1 Å². The van der Waals surface area contributed by atoms with Crippen molar-refractivity contribution in [3.05, 3.63) is 52.3 Å². The molecule has 6 heteroatoms. The number of nitrogens with two attached hydrogens (primary N) is 1. The molecular weight excluding hydrogens is 288 g/mol. The summed E-state index contributed by atoms with van der Waals surface area (Å²) in [6, 6.07) is 7.59. The van der Waals surface area contributed by atoms with E-state index < -0.39 is 0 Å². The lowest BCUT2D eigenvalue weighted by molar-refractivity contribution is -0.131. The van der Waals surface area contributed by atoms with Crippen LogP contribution in [-0.2, 0) is 24.3 Å². The minimum absolute atomic E-state index is 0.103. The van der Waals surface area contributed by atoms with Gasteiger partial charge in [0.15, 0.2) is 0 Å². The number of carbonyl (C=O) groups excluding carboxylic acids is 1. The average molecular weight is 303 g/mol. The Balaban J connectivity index is 1.60. The summed E-state index contributed by atoms with van der Waals surface area (Å²) >= 11 is 5.94. The Morgan fingerprint density at radius 2 is 2.24 bits per heavy atom. The predicted octanol–water partition coefficient (Wildman–Crippen LogP) is 2.19. The van der Waals surface area contributed by atoms with Crippen molar-refractivity contribution >= 4 is 23.5 Å². The van der Waals surface area contributed by atoms with Gasteiger partial charge in [0.1, 0.15) is 0 Å². The Morgan fingerprint density at radius 1 is 1.38 bits per heavy atom. The van der Waals surface area contributed by atoms with Crippen LogP contribution in [0.5, 0.6) is 0 Å². The van der Waals surface area contributed by atoms with Crippen LogP contribution in [0.25, 0.3) is 0 Å². The van der Waals surface area contributed by atoms with Crippen molar-refractivity contribution in [3.8, 4) is 0 Å². The normalized spacial score (nSPS) is 13.3. The number of benzene rings is 1. The summed E-state index contributed by atoms with van der Waals surface area (Å²) in [4.78, 5) is 22.2. The van der Waals surface area contributed by atoms with Crippen molar-refractivity contribution in [3.63, 3.8) is 0 Å². The number of aryl methyl sites for hydroxylation is 1. The largest absolute Gasteiger partial charge is 0.368 e. The van der Waals surface area contributed by atoms with E-state index in [0.717, 1.165) is 16.8 Å². The van der Waals surface area contributed by atoms with E-state index in [0.29, 0.717) is 31.0 Å². The van der Waals surface area contributed by atoms with E-state index >= 15 is 0 Å². The minimum Gasteiger partial charge on any atom is -0.368 e. The number of rotatable bonds is 3. The zero-order chi connectivity index (χ0) is 14.8. The van der Waals surface area contributed by atoms with Crippen molar-refractivity contribution in [2.45, 2.75) is 25.9 Å². The number of hydrogen-bond acceptors (Lipinski definition) is 4. The van der Waals surface area contributed by atoms with Crippen LogP contribution in [0, 0.1) is 0 Å². The Morgan fingerprint density at radius 3 is 3.05 bits per heavy atom. The summed E-state index contributed by atoms with van der Waals surface area (Å²) in [7, 11) is 0. The molecule has 1 aliphatic heterocycles. The number of fused-ring (bicyclic) bond motifs is 1. The van der Waals surface area contributed by atoms with Crippen molar-refractivity contribution < 1.29 is 4.79 Å². The smallest absolute Gasteiger partial charge is 0.223 e. The highest BCUT2D eigenvalue weighted by molar-refractivity contribution is 6.30. The fourth-order valence-corrected chi connectivity index (χ4v) is 2.66. The number of halogens is 1. The van der Waals surface area contributed by atoms with Crippen LogP contribution < -0.4 is 5.73 Å². The van der Waals surface area contributed by atoms with Gasteiger partial charge in [-0.3, -0.25) is 4.79 Å². The number of hydrogen-bond donors (Lipinski definition) is 1. The number of aromatic nitrogens is 2. The second-order valence-electron chi connectivity index (χ2n) is 5.08. The van der Waals surface area contributed by atoms with Gasteiger partial charge in [-0.1, -0.05) is 23.7 Å². The predicted molar refractivity (Wildman–Crippen MR) is 80.5 cm³/mol. The average Bonchev–Trinajstić information content (AvgIpc) is 2.88. The molecule has 0 aliphatic carbocycles. The van der Waals surface area contributed by atoms with Crippen LogP contribution in [0.4, 0.5) is 5.95 Å². The molecule has 21 heavy (non-hydrogen) atoms. The van der Waals surface area contributed by atoms with Crippen molar-refractivity contribution in [2.75, 3.05) is 5.73 Å². The minimum atomic E-state index is 0.103. The van der Waals surface area contributed by atoms with Gasteiger partial charge in [-0.25, -0.2) is 9.97 Å². The summed E-state index contributed by atoms with van der Waals surface area (Å²) in [6.07, 6.45) is 2.83. The molecule has 1 amide bonds. The third kappa shape index (κ3) is 3.13. The summed E-state index contributed by atoms with van der Waals surface area (Å²) in [5.41, 5.74) is 8.45. The van der Waals surface area contributed by atoms with Crippen molar-refractivity contribution in [1.82, 2.24) is 14.9 Å². The highest BCUT2D eigenvalue weighted by Crippen LogP contribution is 2.22. The molecule has 1 aromatic heterocycles. The summed E-state index contributed by atoms with van der Waals surface area (Å²) in [5, 5.41) is 0.694. The van der Waals surface area contributed by atoms with Crippen LogP contribution in [0.15, 0.2) is 30.5 Å². The fraction of sp³-hybridized carbons (Fsp3) is 0.267. The van der Waals surface area contributed by atoms with Gasteiger partial charge in [0, 0.05) is 29.7 Å². The maximum Gasteiger partial charge on any atom is 0.223 e. The van der Waals surface area contributed by atoms with Gasteiger partial charge in [-0.15, -0.1) is 0 Å². The molecule has 108 valence electrons. The second-order valence-corrected chi connectivity index (χ2v) is 5.52. The monoisotopic (exact) mass is 302 g/mol.